The summed E-state index contributed by atoms with van der Waals surface area (Å²) in [5.74, 6) is 0.745. The Labute approximate surface area is 138 Å². The van der Waals surface area contributed by atoms with Crippen LogP contribution in [0.4, 0.5) is 0 Å². The molecule has 0 saturated heterocycles. The van der Waals surface area contributed by atoms with Crippen LogP contribution in [-0.2, 0) is 13.0 Å². The molecule has 0 aliphatic heterocycles. The van der Waals surface area contributed by atoms with E-state index in [4.69, 9.17) is 0 Å². The highest BCUT2D eigenvalue weighted by Gasteiger charge is 2.08. The molecule has 1 aromatic carbocycles. The maximum absolute atomic E-state index is 3.51. The zero-order valence-corrected chi connectivity index (χ0v) is 15.6. The van der Waals surface area contributed by atoms with Crippen molar-refractivity contribution in [2.24, 2.45) is 5.92 Å². The highest BCUT2D eigenvalue weighted by atomic mass is 15.1. The molecule has 126 valence electrons. The van der Waals surface area contributed by atoms with E-state index >= 15 is 0 Å². The van der Waals surface area contributed by atoms with Gasteiger partial charge in [0.25, 0.3) is 0 Å². The lowest BCUT2D eigenvalue weighted by Crippen LogP contribution is -2.30. The van der Waals surface area contributed by atoms with Gasteiger partial charge < -0.3 is 10.2 Å². The van der Waals surface area contributed by atoms with Crippen molar-refractivity contribution < 1.29 is 0 Å². The second-order valence-electron chi connectivity index (χ2n) is 7.24. The number of benzene rings is 1. The predicted octanol–water partition coefficient (Wildman–Crippen LogP) is 4.40. The smallest absolute Gasteiger partial charge is 0.0207 e. The van der Waals surface area contributed by atoms with Crippen molar-refractivity contribution >= 4 is 0 Å². The molecular formula is C20H36N2. The molecular weight excluding hydrogens is 268 g/mol. The third-order valence-corrected chi connectivity index (χ3v) is 3.99. The summed E-state index contributed by atoms with van der Waals surface area (Å²) in [5.41, 5.74) is 4.34. The van der Waals surface area contributed by atoms with Gasteiger partial charge in [0, 0.05) is 25.7 Å². The molecule has 1 aromatic rings. The topological polar surface area (TPSA) is 15.3 Å². The number of aryl methyl sites for hydroxylation is 1. The Hall–Kier alpha value is -0.860. The summed E-state index contributed by atoms with van der Waals surface area (Å²) >= 11 is 0. The summed E-state index contributed by atoms with van der Waals surface area (Å²) in [7, 11) is 0. The fourth-order valence-corrected chi connectivity index (χ4v) is 2.83. The molecule has 0 spiro atoms. The van der Waals surface area contributed by atoms with Gasteiger partial charge in [0.2, 0.25) is 0 Å². The summed E-state index contributed by atoms with van der Waals surface area (Å²) in [6.07, 6.45) is 2.40. The molecule has 0 atom stereocenters. The molecule has 22 heavy (non-hydrogen) atoms. The van der Waals surface area contributed by atoms with Crippen LogP contribution in [0.5, 0.6) is 0 Å². The van der Waals surface area contributed by atoms with Crippen molar-refractivity contribution in [3.63, 3.8) is 0 Å². The van der Waals surface area contributed by atoms with Gasteiger partial charge in [-0.1, -0.05) is 52.8 Å². The van der Waals surface area contributed by atoms with Crippen molar-refractivity contribution in [3.05, 3.63) is 34.9 Å². The van der Waals surface area contributed by atoms with E-state index in [1.807, 2.05) is 0 Å². The Morgan fingerprint density at radius 1 is 1.09 bits per heavy atom. The van der Waals surface area contributed by atoms with Gasteiger partial charge in [-0.3, -0.25) is 0 Å². The molecule has 0 unspecified atom stereocenters. The van der Waals surface area contributed by atoms with E-state index in [1.54, 1.807) is 0 Å². The van der Waals surface area contributed by atoms with Gasteiger partial charge in [0.15, 0.2) is 0 Å². The quantitative estimate of drug-likeness (QED) is 0.689. The van der Waals surface area contributed by atoms with E-state index in [9.17, 15) is 0 Å². The molecule has 1 N–H and O–H groups in total. The van der Waals surface area contributed by atoms with Crippen molar-refractivity contribution in [1.82, 2.24) is 10.2 Å². The molecule has 1 rings (SSSR count). The zero-order chi connectivity index (χ0) is 16.5. The monoisotopic (exact) mass is 304 g/mol. The number of nitrogens with zero attached hydrogens (tertiary/aromatic N) is 1. The van der Waals surface area contributed by atoms with Crippen LogP contribution in [0.2, 0.25) is 0 Å². The van der Waals surface area contributed by atoms with Gasteiger partial charge in [-0.05, 0) is 48.9 Å². The van der Waals surface area contributed by atoms with Crippen LogP contribution in [0, 0.1) is 12.8 Å². The molecule has 0 aliphatic carbocycles. The van der Waals surface area contributed by atoms with Crippen LogP contribution in [-0.4, -0.2) is 30.6 Å². The van der Waals surface area contributed by atoms with Crippen LogP contribution >= 0.6 is 0 Å². The Bertz CT molecular complexity index is 424. The third-order valence-electron chi connectivity index (χ3n) is 3.99. The zero-order valence-electron chi connectivity index (χ0n) is 15.6. The second kappa shape index (κ2) is 10.0. The van der Waals surface area contributed by atoms with Crippen LogP contribution < -0.4 is 5.32 Å². The average Bonchev–Trinajstić information content (AvgIpc) is 2.44. The highest BCUT2D eigenvalue weighted by molar-refractivity contribution is 5.31. The summed E-state index contributed by atoms with van der Waals surface area (Å²) < 4.78 is 0. The SMILES string of the molecule is CCCN(CCc1cc(CNC(C)C)ccc1C)CC(C)C. The van der Waals surface area contributed by atoms with Gasteiger partial charge in [-0.15, -0.1) is 0 Å². The number of rotatable bonds is 10. The van der Waals surface area contributed by atoms with Crippen molar-refractivity contribution in [2.75, 3.05) is 19.6 Å². The normalized spacial score (nSPS) is 11.9. The molecule has 0 fully saturated rings. The van der Waals surface area contributed by atoms with E-state index < -0.39 is 0 Å². The maximum Gasteiger partial charge on any atom is 0.0207 e. The molecule has 0 radical (unpaired) electrons. The fraction of sp³-hybridized carbons (Fsp3) is 0.700. The fourth-order valence-electron chi connectivity index (χ4n) is 2.83. The molecule has 0 heterocycles. The molecule has 2 heteroatoms. The van der Waals surface area contributed by atoms with Crippen LogP contribution in [0.25, 0.3) is 0 Å². The van der Waals surface area contributed by atoms with E-state index in [2.05, 4.69) is 70.0 Å². The molecule has 0 bridgehead atoms. The molecule has 0 amide bonds. The first-order chi connectivity index (χ1) is 10.4. The van der Waals surface area contributed by atoms with Crippen molar-refractivity contribution in [3.8, 4) is 0 Å². The van der Waals surface area contributed by atoms with E-state index in [0.29, 0.717) is 6.04 Å². The molecule has 0 saturated carbocycles. The van der Waals surface area contributed by atoms with Crippen LogP contribution in [0.15, 0.2) is 18.2 Å². The second-order valence-corrected chi connectivity index (χ2v) is 7.24. The maximum atomic E-state index is 3.51. The first kappa shape index (κ1) is 19.2. The largest absolute Gasteiger partial charge is 0.310 e. The molecule has 2 nitrogen and oxygen atoms in total. The standard InChI is InChI=1S/C20H36N2/c1-7-11-22(15-16(2)3)12-10-20-13-19(9-8-18(20)6)14-21-17(4)5/h8-9,13,16-17,21H,7,10-12,14-15H2,1-6H3. The first-order valence-corrected chi connectivity index (χ1v) is 8.96. The predicted molar refractivity (Wildman–Crippen MR) is 98.4 cm³/mol. The Morgan fingerprint density at radius 3 is 2.41 bits per heavy atom. The Morgan fingerprint density at radius 2 is 1.82 bits per heavy atom. The minimum Gasteiger partial charge on any atom is -0.310 e. The van der Waals surface area contributed by atoms with Crippen LogP contribution in [0.1, 0.15) is 57.7 Å². The highest BCUT2D eigenvalue weighted by Crippen LogP contribution is 2.13. The van der Waals surface area contributed by atoms with Gasteiger partial charge in [-0.25, -0.2) is 0 Å². The lowest BCUT2D eigenvalue weighted by molar-refractivity contribution is 0.247. The summed E-state index contributed by atoms with van der Waals surface area (Å²) in [6.45, 7) is 18.1. The summed E-state index contributed by atoms with van der Waals surface area (Å²) in [5, 5.41) is 3.51. The molecule has 0 aromatic heterocycles. The minimum atomic E-state index is 0.538. The van der Waals surface area contributed by atoms with Gasteiger partial charge in [-0.2, -0.15) is 0 Å². The molecule has 0 aliphatic rings. The Kier molecular flexibility index (Phi) is 8.74. The van der Waals surface area contributed by atoms with Gasteiger partial charge in [0.05, 0.1) is 0 Å². The Balaban J connectivity index is 2.64. The average molecular weight is 305 g/mol. The minimum absolute atomic E-state index is 0.538. The lowest BCUT2D eigenvalue weighted by atomic mass is 10.0. The number of hydrogen-bond donors (Lipinski definition) is 1. The van der Waals surface area contributed by atoms with Gasteiger partial charge >= 0.3 is 0 Å². The van der Waals surface area contributed by atoms with E-state index in [-0.39, 0.29) is 0 Å². The van der Waals surface area contributed by atoms with Crippen LogP contribution in [0.3, 0.4) is 0 Å². The third kappa shape index (κ3) is 7.42. The van der Waals surface area contributed by atoms with E-state index in [0.717, 1.165) is 18.9 Å². The summed E-state index contributed by atoms with van der Waals surface area (Å²) in [6, 6.07) is 7.46. The van der Waals surface area contributed by atoms with Crippen molar-refractivity contribution in [2.45, 2.75) is 67.0 Å². The first-order valence-electron chi connectivity index (χ1n) is 8.96. The van der Waals surface area contributed by atoms with Crippen molar-refractivity contribution in [1.29, 1.82) is 0 Å². The number of hydrogen-bond acceptors (Lipinski definition) is 2. The van der Waals surface area contributed by atoms with E-state index in [1.165, 1.54) is 42.7 Å². The number of nitrogens with one attached hydrogen (secondary N) is 1. The lowest BCUT2D eigenvalue weighted by Gasteiger charge is -2.24. The summed E-state index contributed by atoms with van der Waals surface area (Å²) in [4.78, 5) is 2.61. The van der Waals surface area contributed by atoms with Gasteiger partial charge in [0.1, 0.15) is 0 Å².